The number of fused-ring (bicyclic) bond motifs is 3. The summed E-state index contributed by atoms with van der Waals surface area (Å²) in [5, 5.41) is 0.639. The van der Waals surface area contributed by atoms with Crippen molar-refractivity contribution in [1.82, 2.24) is 4.57 Å². The Hall–Kier alpha value is -3.49. The second kappa shape index (κ2) is 8.22. The highest BCUT2D eigenvalue weighted by Crippen LogP contribution is 2.44. The van der Waals surface area contributed by atoms with Crippen LogP contribution in [0.2, 0.25) is 0 Å². The summed E-state index contributed by atoms with van der Waals surface area (Å²) in [4.78, 5) is 23.7. The van der Waals surface area contributed by atoms with E-state index in [0.29, 0.717) is 40.6 Å². The molecule has 1 atom stereocenters. The molecule has 1 amide bonds. The fourth-order valence-corrected chi connectivity index (χ4v) is 4.33. The van der Waals surface area contributed by atoms with Gasteiger partial charge in [-0.1, -0.05) is 18.2 Å². The normalized spacial score (nSPS) is 15.6. The van der Waals surface area contributed by atoms with Crippen LogP contribution >= 0.6 is 0 Å². The average Bonchev–Trinajstić information content (AvgIpc) is 3.31. The number of alkyl halides is 3. The zero-order valence-corrected chi connectivity index (χ0v) is 17.2. The maximum absolute atomic E-state index is 13.2. The van der Waals surface area contributed by atoms with E-state index in [1.165, 1.54) is 13.2 Å². The van der Waals surface area contributed by atoms with E-state index in [9.17, 15) is 22.8 Å². The molecule has 1 aliphatic carbocycles. The fourth-order valence-electron chi connectivity index (χ4n) is 4.33. The number of benzene rings is 2. The van der Waals surface area contributed by atoms with Gasteiger partial charge in [0.15, 0.2) is 6.61 Å². The molecule has 2 N–H and O–H groups in total. The fraction of sp³-hybridized carbons (Fsp3) is 0.304. The SMILES string of the molecule is COC(=O)COc1cccc2c1c1c(n2Cc2cccc(C(F)(F)F)c2)CCC1C(N)=O. The number of hydrogen-bond donors (Lipinski definition) is 1. The molecule has 0 spiro atoms. The van der Waals surface area contributed by atoms with E-state index in [0.717, 1.165) is 17.8 Å². The van der Waals surface area contributed by atoms with Crippen LogP contribution in [0.3, 0.4) is 0 Å². The zero-order chi connectivity index (χ0) is 23.0. The number of rotatable bonds is 6. The molecule has 0 aliphatic heterocycles. The monoisotopic (exact) mass is 446 g/mol. The summed E-state index contributed by atoms with van der Waals surface area (Å²) in [6.45, 7) is -0.133. The van der Waals surface area contributed by atoms with Crippen molar-refractivity contribution >= 4 is 22.8 Å². The van der Waals surface area contributed by atoms with Gasteiger partial charge in [0.05, 0.1) is 24.1 Å². The molecule has 0 fully saturated rings. The van der Waals surface area contributed by atoms with Gasteiger partial charge in [0, 0.05) is 17.6 Å². The Morgan fingerprint density at radius 1 is 1.19 bits per heavy atom. The minimum Gasteiger partial charge on any atom is -0.481 e. The molecule has 32 heavy (non-hydrogen) atoms. The maximum atomic E-state index is 13.2. The summed E-state index contributed by atoms with van der Waals surface area (Å²) >= 11 is 0. The topological polar surface area (TPSA) is 83.6 Å². The molecule has 0 radical (unpaired) electrons. The molecule has 1 aromatic heterocycles. The van der Waals surface area contributed by atoms with Crippen LogP contribution in [0.15, 0.2) is 42.5 Å². The number of hydrogen-bond acceptors (Lipinski definition) is 4. The van der Waals surface area contributed by atoms with Crippen molar-refractivity contribution in [2.75, 3.05) is 13.7 Å². The van der Waals surface area contributed by atoms with E-state index < -0.39 is 29.5 Å². The van der Waals surface area contributed by atoms with Crippen LogP contribution in [-0.4, -0.2) is 30.2 Å². The minimum absolute atomic E-state index is 0.182. The molecule has 1 aliphatic rings. The average molecular weight is 446 g/mol. The first-order valence-electron chi connectivity index (χ1n) is 9.99. The maximum Gasteiger partial charge on any atom is 0.416 e. The summed E-state index contributed by atoms with van der Waals surface area (Å²) in [7, 11) is 1.25. The molecule has 9 heteroatoms. The van der Waals surface area contributed by atoms with Crippen molar-refractivity contribution in [3.8, 4) is 5.75 Å². The van der Waals surface area contributed by atoms with Gasteiger partial charge >= 0.3 is 12.1 Å². The van der Waals surface area contributed by atoms with Gasteiger partial charge in [-0.25, -0.2) is 4.79 Å². The Morgan fingerprint density at radius 2 is 1.94 bits per heavy atom. The predicted molar refractivity (Wildman–Crippen MR) is 110 cm³/mol. The quantitative estimate of drug-likeness (QED) is 0.585. The number of carbonyl (C=O) groups is 2. The number of methoxy groups -OCH3 is 1. The second-order valence-corrected chi connectivity index (χ2v) is 7.65. The van der Waals surface area contributed by atoms with Crippen molar-refractivity contribution in [2.45, 2.75) is 31.5 Å². The number of primary amides is 1. The van der Waals surface area contributed by atoms with Crippen LogP contribution in [0.1, 0.15) is 34.7 Å². The molecule has 2 aromatic carbocycles. The number of esters is 1. The van der Waals surface area contributed by atoms with E-state index in [1.807, 2.05) is 10.6 Å². The zero-order valence-electron chi connectivity index (χ0n) is 17.2. The molecule has 0 saturated heterocycles. The van der Waals surface area contributed by atoms with Crippen molar-refractivity contribution in [2.24, 2.45) is 5.73 Å². The standard InChI is InChI=1S/C23H21F3N2O4/c1-31-19(29)12-32-18-7-3-6-16-21(18)20-15(22(27)30)8-9-17(20)28(16)11-13-4-2-5-14(10-13)23(24,25)26/h2-7,10,15H,8-9,11-12H2,1H3,(H2,27,30). The van der Waals surface area contributed by atoms with Crippen LogP contribution in [0.5, 0.6) is 5.75 Å². The Kier molecular flexibility index (Phi) is 5.58. The van der Waals surface area contributed by atoms with Crippen molar-refractivity contribution in [3.05, 3.63) is 64.8 Å². The number of halogens is 3. The van der Waals surface area contributed by atoms with Gasteiger partial charge in [0.25, 0.3) is 0 Å². The molecule has 0 bridgehead atoms. The molecular formula is C23H21F3N2O4. The van der Waals surface area contributed by atoms with Crippen molar-refractivity contribution < 1.29 is 32.2 Å². The van der Waals surface area contributed by atoms with Gasteiger partial charge in [-0.05, 0) is 48.2 Å². The van der Waals surface area contributed by atoms with Gasteiger partial charge in [0.2, 0.25) is 5.91 Å². The largest absolute Gasteiger partial charge is 0.481 e. The lowest BCUT2D eigenvalue weighted by atomic mass is 9.99. The first kappa shape index (κ1) is 21.7. The van der Waals surface area contributed by atoms with Gasteiger partial charge in [-0.3, -0.25) is 4.79 Å². The third kappa shape index (κ3) is 3.90. The molecule has 3 aromatic rings. The predicted octanol–water partition coefficient (Wildman–Crippen LogP) is 3.78. The molecule has 0 saturated carbocycles. The molecule has 6 nitrogen and oxygen atoms in total. The third-order valence-corrected chi connectivity index (χ3v) is 5.73. The lowest BCUT2D eigenvalue weighted by Gasteiger charge is -2.13. The van der Waals surface area contributed by atoms with Gasteiger partial charge in [-0.2, -0.15) is 13.2 Å². The first-order chi connectivity index (χ1) is 15.2. The highest BCUT2D eigenvalue weighted by Gasteiger charge is 2.35. The van der Waals surface area contributed by atoms with Crippen molar-refractivity contribution in [1.29, 1.82) is 0 Å². The highest BCUT2D eigenvalue weighted by molar-refractivity contribution is 5.97. The number of nitrogens with two attached hydrogens (primary N) is 1. The van der Waals surface area contributed by atoms with Gasteiger partial charge < -0.3 is 19.8 Å². The lowest BCUT2D eigenvalue weighted by molar-refractivity contribution is -0.143. The van der Waals surface area contributed by atoms with E-state index in [2.05, 4.69) is 4.74 Å². The van der Waals surface area contributed by atoms with Crippen molar-refractivity contribution in [3.63, 3.8) is 0 Å². The highest BCUT2D eigenvalue weighted by atomic mass is 19.4. The molecule has 1 heterocycles. The van der Waals surface area contributed by atoms with Crippen LogP contribution in [0, 0.1) is 0 Å². The number of ether oxygens (including phenoxy) is 2. The number of carbonyl (C=O) groups excluding carboxylic acids is 2. The van der Waals surface area contributed by atoms with Crippen LogP contribution in [0.4, 0.5) is 13.2 Å². The van der Waals surface area contributed by atoms with E-state index in [-0.39, 0.29) is 13.2 Å². The van der Waals surface area contributed by atoms with E-state index in [1.54, 1.807) is 18.2 Å². The van der Waals surface area contributed by atoms with Gasteiger partial charge in [0.1, 0.15) is 5.75 Å². The summed E-state index contributed by atoms with van der Waals surface area (Å²) in [5.41, 5.74) is 7.62. The summed E-state index contributed by atoms with van der Waals surface area (Å²) in [5.74, 6) is -1.20. The Balaban J connectivity index is 1.84. The Bertz CT molecular complexity index is 1200. The van der Waals surface area contributed by atoms with Crippen LogP contribution < -0.4 is 10.5 Å². The third-order valence-electron chi connectivity index (χ3n) is 5.73. The molecule has 168 valence electrons. The van der Waals surface area contributed by atoms with E-state index in [4.69, 9.17) is 10.5 Å². The summed E-state index contributed by atoms with van der Waals surface area (Å²) < 4.78 is 51.7. The minimum atomic E-state index is -4.44. The molecular weight excluding hydrogens is 425 g/mol. The smallest absolute Gasteiger partial charge is 0.416 e. The van der Waals surface area contributed by atoms with Crippen LogP contribution in [0.25, 0.3) is 10.9 Å². The molecule has 4 rings (SSSR count). The Labute approximate surface area is 181 Å². The number of nitrogens with zero attached hydrogens (tertiary/aromatic N) is 1. The first-order valence-corrected chi connectivity index (χ1v) is 9.99. The number of aromatic nitrogens is 1. The summed E-state index contributed by atoms with van der Waals surface area (Å²) in [6.07, 6.45) is -3.39. The van der Waals surface area contributed by atoms with Crippen LogP contribution in [-0.2, 0) is 33.5 Å². The summed E-state index contributed by atoms with van der Waals surface area (Å²) in [6, 6.07) is 10.4. The molecule has 1 unspecified atom stereocenters. The number of amides is 1. The lowest BCUT2D eigenvalue weighted by Crippen LogP contribution is -2.19. The van der Waals surface area contributed by atoms with Gasteiger partial charge in [-0.15, -0.1) is 0 Å². The Morgan fingerprint density at radius 3 is 2.62 bits per heavy atom. The van der Waals surface area contributed by atoms with E-state index >= 15 is 0 Å². The second-order valence-electron chi connectivity index (χ2n) is 7.65.